The summed E-state index contributed by atoms with van der Waals surface area (Å²) in [4.78, 5) is 9.24. The number of para-hydroxylation sites is 8. The molecule has 0 aliphatic rings. The molecule has 2 heterocycles. The summed E-state index contributed by atoms with van der Waals surface area (Å²) in [7, 11) is 0. The van der Waals surface area contributed by atoms with Crippen LogP contribution in [0.5, 0.6) is 11.5 Å². The SMILES string of the molecule is OC(COc1ccc(-n2c3ccc(N(c4ccccc4)c4ccccc4)cc3c3cc(N(c4ccccc4)c4ccccc4)ccc32)cc1)COc1ccc(-n2c3ccc(N(c4ccccc4)c4ccccc4)cc3c3cc(N(c4ccccc4)c4ccccc4)ccc32)cc1. The average Bonchev–Trinajstić information content (AvgIpc) is 1.60. The molecule has 1 N–H and O–H groups in total. The van der Waals surface area contributed by atoms with Gasteiger partial charge in [-0.1, -0.05) is 146 Å². The van der Waals surface area contributed by atoms with Crippen molar-refractivity contribution in [2.75, 3.05) is 32.8 Å². The summed E-state index contributed by atoms with van der Waals surface area (Å²) in [6, 6.07) is 128. The number of nitrogens with zero attached hydrogens (tertiary/aromatic N) is 6. The lowest BCUT2D eigenvalue weighted by Crippen LogP contribution is -2.25. The van der Waals surface area contributed by atoms with E-state index in [0.717, 1.165) is 123 Å². The van der Waals surface area contributed by atoms with E-state index in [-0.39, 0.29) is 13.2 Å². The molecule has 462 valence electrons. The number of aromatic nitrogens is 2. The molecule has 0 aliphatic carbocycles. The van der Waals surface area contributed by atoms with Crippen LogP contribution in [0.1, 0.15) is 0 Å². The number of hydrogen-bond donors (Lipinski definition) is 1. The molecule has 0 saturated carbocycles. The molecule has 0 fully saturated rings. The first-order chi connectivity index (χ1) is 47.5. The van der Waals surface area contributed by atoms with Gasteiger partial charge in [0.1, 0.15) is 30.8 Å². The molecule has 9 nitrogen and oxygen atoms in total. The number of aliphatic hydroxyl groups excluding tert-OH is 1. The van der Waals surface area contributed by atoms with E-state index in [1.165, 1.54) is 0 Å². The summed E-state index contributed by atoms with van der Waals surface area (Å²) in [6.45, 7) is 0.0839. The highest BCUT2D eigenvalue weighted by Gasteiger charge is 2.23. The lowest BCUT2D eigenvalue weighted by molar-refractivity contribution is 0.0626. The van der Waals surface area contributed by atoms with Gasteiger partial charge in [-0.05, 0) is 218 Å². The van der Waals surface area contributed by atoms with Crippen LogP contribution in [0.2, 0.25) is 0 Å². The molecule has 0 spiro atoms. The zero-order valence-electron chi connectivity index (χ0n) is 52.6. The van der Waals surface area contributed by atoms with Crippen molar-refractivity contribution in [3.63, 3.8) is 0 Å². The van der Waals surface area contributed by atoms with E-state index in [1.54, 1.807) is 0 Å². The van der Waals surface area contributed by atoms with Crippen LogP contribution in [-0.2, 0) is 0 Å². The first-order valence-electron chi connectivity index (χ1n) is 32.5. The number of benzene rings is 14. The Labute approximate surface area is 558 Å². The van der Waals surface area contributed by atoms with Crippen molar-refractivity contribution in [1.82, 2.24) is 9.13 Å². The van der Waals surface area contributed by atoms with Crippen molar-refractivity contribution in [3.8, 4) is 22.9 Å². The maximum Gasteiger partial charge on any atom is 0.122 e. The third kappa shape index (κ3) is 11.6. The molecule has 0 unspecified atom stereocenters. The second-order valence-corrected chi connectivity index (χ2v) is 23.8. The van der Waals surface area contributed by atoms with Gasteiger partial charge in [0.15, 0.2) is 0 Å². The molecule has 0 aliphatic heterocycles. The summed E-state index contributed by atoms with van der Waals surface area (Å²) >= 11 is 0. The topological polar surface area (TPSA) is 61.5 Å². The smallest absolute Gasteiger partial charge is 0.122 e. The van der Waals surface area contributed by atoms with Gasteiger partial charge in [0, 0.05) is 101 Å². The highest BCUT2D eigenvalue weighted by molar-refractivity contribution is 6.13. The Kier molecular flexibility index (Phi) is 16.0. The first kappa shape index (κ1) is 58.5. The molecule has 14 aromatic carbocycles. The standard InChI is InChI=1S/C87H66N6O3/c94-77(61-95-78-49-41-71(42-50-78)92-84-53-45-73(88(63-25-9-1-10-26-63)64-27-11-2-12-28-64)57-80(84)81-58-74(46-54-85(81)92)89(65-29-13-3-14-30-65)66-31-15-4-16-32-66)62-96-79-51-43-72(44-52-79)93-86-55-47-75(90(67-33-17-5-18-34-67)68-35-19-6-20-36-68)59-82(86)83-60-76(48-56-87(83)93)91(69-37-21-7-22-38-69)70-39-23-8-24-40-70/h1-60,77,94H,61-62H2. The molecule has 9 heteroatoms. The van der Waals surface area contributed by atoms with Crippen molar-refractivity contribution in [3.05, 3.63) is 364 Å². The molecule has 0 bridgehead atoms. The summed E-state index contributed by atoms with van der Waals surface area (Å²) in [5.41, 5.74) is 19.0. The lowest BCUT2D eigenvalue weighted by Gasteiger charge is -2.26. The van der Waals surface area contributed by atoms with E-state index in [2.05, 4.69) is 368 Å². The number of rotatable bonds is 20. The second-order valence-electron chi connectivity index (χ2n) is 23.8. The average molecular weight is 1240 g/mol. The van der Waals surface area contributed by atoms with Crippen LogP contribution in [-0.4, -0.2) is 33.6 Å². The molecule has 16 rings (SSSR count). The molecule has 0 radical (unpaired) electrons. The van der Waals surface area contributed by atoms with Crippen LogP contribution in [0.15, 0.2) is 364 Å². The summed E-state index contributed by atoms with van der Waals surface area (Å²) in [5.74, 6) is 1.28. The van der Waals surface area contributed by atoms with Crippen LogP contribution in [0.4, 0.5) is 68.2 Å². The van der Waals surface area contributed by atoms with Crippen LogP contribution in [0, 0.1) is 0 Å². The van der Waals surface area contributed by atoms with Crippen molar-refractivity contribution in [2.45, 2.75) is 6.10 Å². The lowest BCUT2D eigenvalue weighted by atomic mass is 10.1. The Bertz CT molecular complexity index is 4520. The first-order valence-corrected chi connectivity index (χ1v) is 32.5. The van der Waals surface area contributed by atoms with Crippen molar-refractivity contribution < 1.29 is 14.6 Å². The predicted octanol–water partition coefficient (Wildman–Crippen LogP) is 22.6. The van der Waals surface area contributed by atoms with Gasteiger partial charge in [-0.25, -0.2) is 0 Å². The number of aliphatic hydroxyl groups is 1. The highest BCUT2D eigenvalue weighted by atomic mass is 16.5. The van der Waals surface area contributed by atoms with Crippen LogP contribution >= 0.6 is 0 Å². The highest BCUT2D eigenvalue weighted by Crippen LogP contribution is 2.46. The summed E-state index contributed by atoms with van der Waals surface area (Å²) < 4.78 is 17.2. The van der Waals surface area contributed by atoms with Crippen molar-refractivity contribution >= 4 is 112 Å². The molecule has 2 aromatic heterocycles. The Morgan fingerprint density at radius 3 is 0.625 bits per heavy atom. The van der Waals surface area contributed by atoms with Gasteiger partial charge in [-0.3, -0.25) is 0 Å². The Hall–Kier alpha value is -12.6. The molecule has 96 heavy (non-hydrogen) atoms. The molecule has 16 aromatic rings. The molecule has 0 atom stereocenters. The predicted molar refractivity (Wildman–Crippen MR) is 397 cm³/mol. The Balaban J connectivity index is 0.674. The van der Waals surface area contributed by atoms with Gasteiger partial charge in [0.2, 0.25) is 0 Å². The minimum atomic E-state index is -0.902. The molecular formula is C87H66N6O3. The van der Waals surface area contributed by atoms with Gasteiger partial charge in [0.25, 0.3) is 0 Å². The minimum absolute atomic E-state index is 0.0420. The van der Waals surface area contributed by atoms with Crippen molar-refractivity contribution in [1.29, 1.82) is 0 Å². The third-order valence-corrected chi connectivity index (χ3v) is 17.7. The fraction of sp³-hybridized carbons (Fsp3) is 0.0345. The molecular weight excluding hydrogens is 1180 g/mol. The van der Waals surface area contributed by atoms with Crippen LogP contribution in [0.3, 0.4) is 0 Å². The van der Waals surface area contributed by atoms with E-state index in [4.69, 9.17) is 9.47 Å². The van der Waals surface area contributed by atoms with Crippen LogP contribution < -0.4 is 29.1 Å². The van der Waals surface area contributed by atoms with E-state index < -0.39 is 6.10 Å². The minimum Gasteiger partial charge on any atom is -0.491 e. The number of fused-ring (bicyclic) bond motifs is 6. The normalized spacial score (nSPS) is 11.4. The fourth-order valence-corrected chi connectivity index (χ4v) is 13.3. The quantitative estimate of drug-likeness (QED) is 0.0816. The monoisotopic (exact) mass is 1240 g/mol. The third-order valence-electron chi connectivity index (χ3n) is 17.7. The van der Waals surface area contributed by atoms with E-state index in [0.29, 0.717) is 11.5 Å². The van der Waals surface area contributed by atoms with Crippen molar-refractivity contribution in [2.24, 2.45) is 0 Å². The number of hydrogen-bond acceptors (Lipinski definition) is 7. The zero-order chi connectivity index (χ0) is 64.2. The Morgan fingerprint density at radius 2 is 0.427 bits per heavy atom. The maximum atomic E-state index is 11.4. The maximum absolute atomic E-state index is 11.4. The van der Waals surface area contributed by atoms with Gasteiger partial charge in [-0.15, -0.1) is 0 Å². The zero-order valence-corrected chi connectivity index (χ0v) is 52.6. The second kappa shape index (κ2) is 26.2. The van der Waals surface area contributed by atoms with Gasteiger partial charge < -0.3 is 43.3 Å². The van der Waals surface area contributed by atoms with E-state index in [9.17, 15) is 5.11 Å². The van der Waals surface area contributed by atoms with E-state index >= 15 is 0 Å². The molecule has 0 saturated heterocycles. The largest absolute Gasteiger partial charge is 0.491 e. The number of anilines is 12. The summed E-state index contributed by atoms with van der Waals surface area (Å²) in [5, 5.41) is 15.9. The summed E-state index contributed by atoms with van der Waals surface area (Å²) in [6.07, 6.45) is -0.902. The Morgan fingerprint density at radius 1 is 0.229 bits per heavy atom. The van der Waals surface area contributed by atoms with Crippen LogP contribution in [0.25, 0.3) is 55.0 Å². The van der Waals surface area contributed by atoms with Gasteiger partial charge in [0.05, 0.1) is 22.1 Å². The fourth-order valence-electron chi connectivity index (χ4n) is 13.3. The number of ether oxygens (including phenoxy) is 2. The van der Waals surface area contributed by atoms with E-state index in [1.807, 2.05) is 24.3 Å². The van der Waals surface area contributed by atoms with Gasteiger partial charge >= 0.3 is 0 Å². The van der Waals surface area contributed by atoms with Gasteiger partial charge in [-0.2, -0.15) is 0 Å². The molecule has 0 amide bonds.